The van der Waals surface area contributed by atoms with Gasteiger partial charge in [-0.15, -0.1) is 0 Å². The van der Waals surface area contributed by atoms with Crippen molar-refractivity contribution in [3.05, 3.63) is 64.2 Å². The van der Waals surface area contributed by atoms with Gasteiger partial charge in [-0.05, 0) is 30.7 Å². The average Bonchev–Trinajstić information content (AvgIpc) is 2.38. The molecule has 2 aromatic rings. The molecule has 0 heterocycles. The molecular formula is C13H12N2O4S. The Morgan fingerprint density at radius 1 is 1.10 bits per heavy atom. The van der Waals surface area contributed by atoms with Crippen molar-refractivity contribution in [1.82, 2.24) is 0 Å². The topological polar surface area (TPSA) is 89.3 Å². The number of nitro groups is 1. The maximum absolute atomic E-state index is 12.2. The molecule has 0 atom stereocenters. The fraction of sp³-hybridized carbons (Fsp3) is 0.0769. The monoisotopic (exact) mass is 292 g/mol. The second kappa shape index (κ2) is 5.30. The number of sulfonamides is 1. The number of nitrogens with one attached hydrogen (secondary N) is 1. The number of rotatable bonds is 4. The van der Waals surface area contributed by atoms with Crippen LogP contribution in [0.5, 0.6) is 0 Å². The lowest BCUT2D eigenvalue weighted by Crippen LogP contribution is -2.14. The number of aryl methyl sites for hydroxylation is 1. The van der Waals surface area contributed by atoms with E-state index in [0.29, 0.717) is 11.3 Å². The quantitative estimate of drug-likeness (QED) is 0.693. The lowest BCUT2D eigenvalue weighted by Gasteiger charge is -2.08. The van der Waals surface area contributed by atoms with Gasteiger partial charge in [0.05, 0.1) is 4.92 Å². The highest BCUT2D eigenvalue weighted by Gasteiger charge is 2.25. The van der Waals surface area contributed by atoms with Gasteiger partial charge >= 0.3 is 0 Å². The van der Waals surface area contributed by atoms with Gasteiger partial charge in [0.2, 0.25) is 0 Å². The Kier molecular flexibility index (Phi) is 3.71. The number of anilines is 1. The van der Waals surface area contributed by atoms with Gasteiger partial charge in [0.1, 0.15) is 0 Å². The lowest BCUT2D eigenvalue weighted by molar-refractivity contribution is -0.387. The first kappa shape index (κ1) is 14.0. The minimum absolute atomic E-state index is 0.349. The van der Waals surface area contributed by atoms with E-state index in [2.05, 4.69) is 4.72 Å². The predicted molar refractivity (Wildman–Crippen MR) is 75.1 cm³/mol. The molecule has 20 heavy (non-hydrogen) atoms. The van der Waals surface area contributed by atoms with E-state index in [1.165, 1.54) is 18.2 Å². The number of nitro benzene ring substituents is 1. The van der Waals surface area contributed by atoms with Crippen LogP contribution >= 0.6 is 0 Å². The summed E-state index contributed by atoms with van der Waals surface area (Å²) in [6.07, 6.45) is 0. The van der Waals surface area contributed by atoms with E-state index >= 15 is 0 Å². The molecule has 6 nitrogen and oxygen atoms in total. The zero-order chi connectivity index (χ0) is 14.8. The van der Waals surface area contributed by atoms with E-state index < -0.39 is 20.6 Å². The SMILES string of the molecule is Cc1ccc(S(=O)(=O)Nc2ccccc2)c([N+](=O)[O-])c1. The molecule has 0 spiro atoms. The summed E-state index contributed by atoms with van der Waals surface area (Å²) in [4.78, 5) is 9.93. The van der Waals surface area contributed by atoms with Crippen LogP contribution in [0.25, 0.3) is 0 Å². The number of benzene rings is 2. The van der Waals surface area contributed by atoms with E-state index in [1.807, 2.05) is 0 Å². The van der Waals surface area contributed by atoms with Crippen molar-refractivity contribution >= 4 is 21.4 Å². The number of hydrogen-bond acceptors (Lipinski definition) is 4. The zero-order valence-corrected chi connectivity index (χ0v) is 11.4. The van der Waals surface area contributed by atoms with Crippen LogP contribution in [0, 0.1) is 17.0 Å². The van der Waals surface area contributed by atoms with Crippen molar-refractivity contribution in [2.24, 2.45) is 0 Å². The second-order valence-electron chi connectivity index (χ2n) is 4.20. The fourth-order valence-corrected chi connectivity index (χ4v) is 2.93. The van der Waals surface area contributed by atoms with Gasteiger partial charge in [-0.25, -0.2) is 8.42 Å². The lowest BCUT2D eigenvalue weighted by atomic mass is 10.2. The minimum Gasteiger partial charge on any atom is -0.279 e. The van der Waals surface area contributed by atoms with E-state index in [9.17, 15) is 18.5 Å². The third kappa shape index (κ3) is 2.94. The van der Waals surface area contributed by atoms with Crippen LogP contribution in [0.15, 0.2) is 53.4 Å². The Bertz CT molecular complexity index is 742. The molecule has 0 saturated heterocycles. The molecule has 7 heteroatoms. The van der Waals surface area contributed by atoms with Gasteiger partial charge < -0.3 is 0 Å². The van der Waals surface area contributed by atoms with E-state index in [0.717, 1.165) is 0 Å². The zero-order valence-electron chi connectivity index (χ0n) is 10.6. The van der Waals surface area contributed by atoms with E-state index in [4.69, 9.17) is 0 Å². The summed E-state index contributed by atoms with van der Waals surface area (Å²) in [6, 6.07) is 12.2. The Morgan fingerprint density at radius 2 is 1.75 bits per heavy atom. The van der Waals surface area contributed by atoms with Gasteiger partial charge in [0, 0.05) is 11.8 Å². The maximum atomic E-state index is 12.2. The van der Waals surface area contributed by atoms with Crippen molar-refractivity contribution in [2.75, 3.05) is 4.72 Å². The highest BCUT2D eigenvalue weighted by Crippen LogP contribution is 2.26. The molecule has 2 aromatic carbocycles. The van der Waals surface area contributed by atoms with Crippen LogP contribution in [0.3, 0.4) is 0 Å². The van der Waals surface area contributed by atoms with Crippen molar-refractivity contribution in [2.45, 2.75) is 11.8 Å². The highest BCUT2D eigenvalue weighted by atomic mass is 32.2. The Balaban J connectivity index is 2.47. The summed E-state index contributed by atoms with van der Waals surface area (Å²) in [5.41, 5.74) is 0.533. The first-order chi connectivity index (χ1) is 9.40. The molecule has 0 unspecified atom stereocenters. The summed E-state index contributed by atoms with van der Waals surface area (Å²) in [5, 5.41) is 11.0. The van der Waals surface area contributed by atoms with Gasteiger partial charge in [0.25, 0.3) is 15.7 Å². The summed E-state index contributed by atoms with van der Waals surface area (Å²) in [7, 11) is -4.00. The Hall–Kier alpha value is -2.41. The van der Waals surface area contributed by atoms with Crippen LogP contribution in [-0.2, 0) is 10.0 Å². The molecule has 0 saturated carbocycles. The fourth-order valence-electron chi connectivity index (χ4n) is 1.71. The van der Waals surface area contributed by atoms with Gasteiger partial charge in [-0.2, -0.15) is 0 Å². The van der Waals surface area contributed by atoms with Crippen LogP contribution < -0.4 is 4.72 Å². The molecule has 0 aliphatic carbocycles. The largest absolute Gasteiger partial charge is 0.290 e. The van der Waals surface area contributed by atoms with Crippen molar-refractivity contribution in [1.29, 1.82) is 0 Å². The van der Waals surface area contributed by atoms with Crippen molar-refractivity contribution < 1.29 is 13.3 Å². The van der Waals surface area contributed by atoms with E-state index in [1.54, 1.807) is 37.3 Å². The van der Waals surface area contributed by atoms with Gasteiger partial charge in [-0.3, -0.25) is 14.8 Å². The van der Waals surface area contributed by atoms with Gasteiger partial charge in [-0.1, -0.05) is 24.3 Å². The minimum atomic E-state index is -4.00. The maximum Gasteiger partial charge on any atom is 0.290 e. The number of hydrogen-bond donors (Lipinski definition) is 1. The standard InChI is InChI=1S/C13H12N2O4S/c1-10-7-8-13(12(9-10)15(16)17)20(18,19)14-11-5-3-2-4-6-11/h2-9,14H,1H3. The Morgan fingerprint density at radius 3 is 2.35 bits per heavy atom. The third-order valence-corrected chi connectivity index (χ3v) is 4.06. The first-order valence-corrected chi connectivity index (χ1v) is 7.21. The molecule has 0 aromatic heterocycles. The molecule has 0 amide bonds. The molecule has 1 N–H and O–H groups in total. The second-order valence-corrected chi connectivity index (χ2v) is 5.85. The van der Waals surface area contributed by atoms with E-state index in [-0.39, 0.29) is 4.90 Å². The normalized spacial score (nSPS) is 11.1. The third-order valence-electron chi connectivity index (χ3n) is 2.63. The number of nitrogens with zero attached hydrogens (tertiary/aromatic N) is 1. The smallest absolute Gasteiger partial charge is 0.279 e. The first-order valence-electron chi connectivity index (χ1n) is 5.73. The summed E-state index contributed by atoms with van der Waals surface area (Å²) >= 11 is 0. The molecule has 2 rings (SSSR count). The Labute approximate surface area is 116 Å². The summed E-state index contributed by atoms with van der Waals surface area (Å²) < 4.78 is 26.8. The number of para-hydroxylation sites is 1. The van der Waals surface area contributed by atoms with Crippen LogP contribution in [0.2, 0.25) is 0 Å². The molecular weight excluding hydrogens is 280 g/mol. The van der Waals surface area contributed by atoms with Crippen LogP contribution in [0.4, 0.5) is 11.4 Å². The van der Waals surface area contributed by atoms with Crippen LogP contribution in [-0.4, -0.2) is 13.3 Å². The average molecular weight is 292 g/mol. The predicted octanol–water partition coefficient (Wildman–Crippen LogP) is 2.70. The molecule has 0 bridgehead atoms. The molecule has 0 fully saturated rings. The van der Waals surface area contributed by atoms with Crippen LogP contribution in [0.1, 0.15) is 5.56 Å². The highest BCUT2D eigenvalue weighted by molar-refractivity contribution is 7.92. The summed E-state index contributed by atoms with van der Waals surface area (Å²) in [5.74, 6) is 0. The molecule has 0 aliphatic rings. The van der Waals surface area contributed by atoms with Crippen molar-refractivity contribution in [3.8, 4) is 0 Å². The molecule has 0 radical (unpaired) electrons. The molecule has 104 valence electrons. The summed E-state index contributed by atoms with van der Waals surface area (Å²) in [6.45, 7) is 1.66. The van der Waals surface area contributed by atoms with Gasteiger partial charge in [0.15, 0.2) is 4.90 Å². The molecule has 0 aliphatic heterocycles. The van der Waals surface area contributed by atoms with Crippen molar-refractivity contribution in [3.63, 3.8) is 0 Å².